The maximum absolute atomic E-state index is 11.6. The molecule has 0 spiro atoms. The van der Waals surface area contributed by atoms with E-state index in [-0.39, 0.29) is 17.9 Å². The summed E-state index contributed by atoms with van der Waals surface area (Å²) >= 11 is 0. The van der Waals surface area contributed by atoms with Crippen molar-refractivity contribution in [1.82, 2.24) is 10.6 Å². The molecular weight excluding hydrogens is 220 g/mol. The Balaban J connectivity index is 3.74. The molecule has 0 aliphatic carbocycles. The highest BCUT2D eigenvalue weighted by Crippen LogP contribution is 2.01. The highest BCUT2D eigenvalue weighted by molar-refractivity contribution is 5.81. The van der Waals surface area contributed by atoms with Gasteiger partial charge in [0.05, 0.1) is 6.04 Å². The Hall–Kier alpha value is -1.30. The minimum atomic E-state index is -0.525. The Morgan fingerprint density at radius 3 is 2.29 bits per heavy atom. The van der Waals surface area contributed by atoms with Gasteiger partial charge in [0.1, 0.15) is 0 Å². The fraction of sp³-hybridized carbons (Fsp3) is 0.818. The molecule has 0 saturated carbocycles. The van der Waals surface area contributed by atoms with Crippen LogP contribution in [0.3, 0.4) is 0 Å². The molecule has 0 aromatic heterocycles. The second-order valence-electron chi connectivity index (χ2n) is 4.61. The second-order valence-corrected chi connectivity index (χ2v) is 4.61. The predicted octanol–water partition coefficient (Wildman–Crippen LogP) is -0.0771. The number of carbonyl (C=O) groups excluding carboxylic acids is 2. The van der Waals surface area contributed by atoms with Crippen molar-refractivity contribution < 1.29 is 9.59 Å². The lowest BCUT2D eigenvalue weighted by Gasteiger charge is -2.19. The first-order valence-electron chi connectivity index (χ1n) is 5.93. The molecule has 0 saturated heterocycles. The molecule has 17 heavy (non-hydrogen) atoms. The maximum atomic E-state index is 11.6. The van der Waals surface area contributed by atoms with Crippen LogP contribution in [0.15, 0.2) is 0 Å². The molecule has 0 unspecified atom stereocenters. The minimum Gasteiger partial charge on any atom is -0.352 e. The van der Waals surface area contributed by atoms with Crippen LogP contribution in [-0.4, -0.2) is 30.6 Å². The van der Waals surface area contributed by atoms with E-state index in [1.165, 1.54) is 0 Å². The number of hydrogen-bond acceptors (Lipinski definition) is 3. The fourth-order valence-electron chi connectivity index (χ4n) is 1.33. The first kappa shape index (κ1) is 15.7. The van der Waals surface area contributed by atoms with Crippen LogP contribution in [-0.2, 0) is 4.79 Å². The molecule has 3 amide bonds. The molecule has 0 radical (unpaired) electrons. The van der Waals surface area contributed by atoms with Gasteiger partial charge in [-0.1, -0.05) is 13.8 Å². The normalized spacial score (nSPS) is 14.2. The molecule has 0 aromatic rings. The Bertz CT molecular complexity index is 256. The van der Waals surface area contributed by atoms with Gasteiger partial charge in [0.2, 0.25) is 5.91 Å². The fourth-order valence-corrected chi connectivity index (χ4v) is 1.33. The summed E-state index contributed by atoms with van der Waals surface area (Å²) in [4.78, 5) is 22.0. The topological polar surface area (TPSA) is 110 Å². The summed E-state index contributed by atoms with van der Waals surface area (Å²) in [7, 11) is 0. The van der Waals surface area contributed by atoms with Gasteiger partial charge in [0.25, 0.3) is 0 Å². The van der Waals surface area contributed by atoms with Gasteiger partial charge < -0.3 is 22.1 Å². The SMILES string of the molecule is CC(C)[C@H](N)C(=O)N[C@@H](C)CCCNC(N)=O. The van der Waals surface area contributed by atoms with Crippen LogP contribution in [0, 0.1) is 5.92 Å². The third kappa shape index (κ3) is 7.57. The molecule has 0 aliphatic heterocycles. The lowest BCUT2D eigenvalue weighted by Crippen LogP contribution is -2.47. The number of carbonyl (C=O) groups is 2. The van der Waals surface area contributed by atoms with Crippen molar-refractivity contribution in [2.24, 2.45) is 17.4 Å². The van der Waals surface area contributed by atoms with Crippen molar-refractivity contribution in [3.63, 3.8) is 0 Å². The zero-order chi connectivity index (χ0) is 13.4. The van der Waals surface area contributed by atoms with Crippen LogP contribution in [0.25, 0.3) is 0 Å². The van der Waals surface area contributed by atoms with Crippen LogP contribution in [0.5, 0.6) is 0 Å². The molecular formula is C11H24N4O2. The minimum absolute atomic E-state index is 0.0435. The average Bonchev–Trinajstić information content (AvgIpc) is 2.22. The van der Waals surface area contributed by atoms with Gasteiger partial charge in [-0.3, -0.25) is 4.79 Å². The van der Waals surface area contributed by atoms with E-state index in [0.29, 0.717) is 6.54 Å². The van der Waals surface area contributed by atoms with Gasteiger partial charge in [-0.25, -0.2) is 4.79 Å². The first-order valence-corrected chi connectivity index (χ1v) is 5.93. The largest absolute Gasteiger partial charge is 0.352 e. The van der Waals surface area contributed by atoms with Crippen LogP contribution in [0.4, 0.5) is 4.79 Å². The summed E-state index contributed by atoms with van der Waals surface area (Å²) in [6, 6.07) is -0.952. The molecule has 2 atom stereocenters. The molecule has 6 nitrogen and oxygen atoms in total. The third-order valence-corrected chi connectivity index (χ3v) is 2.52. The van der Waals surface area contributed by atoms with Crippen LogP contribution in [0.1, 0.15) is 33.6 Å². The summed E-state index contributed by atoms with van der Waals surface area (Å²) in [5, 5.41) is 5.34. The molecule has 0 aromatic carbocycles. The van der Waals surface area contributed by atoms with Crippen LogP contribution >= 0.6 is 0 Å². The molecule has 0 fully saturated rings. The summed E-state index contributed by atoms with van der Waals surface area (Å²) in [6.07, 6.45) is 1.54. The summed E-state index contributed by atoms with van der Waals surface area (Å²) in [6.45, 7) is 6.25. The van der Waals surface area contributed by atoms with Crippen molar-refractivity contribution in [1.29, 1.82) is 0 Å². The zero-order valence-corrected chi connectivity index (χ0v) is 10.8. The van der Waals surface area contributed by atoms with E-state index < -0.39 is 12.1 Å². The highest BCUT2D eigenvalue weighted by atomic mass is 16.2. The molecule has 6 heteroatoms. The van der Waals surface area contributed by atoms with Crippen molar-refractivity contribution in [3.8, 4) is 0 Å². The number of urea groups is 1. The van der Waals surface area contributed by atoms with Gasteiger partial charge in [-0.15, -0.1) is 0 Å². The molecule has 0 bridgehead atoms. The van der Waals surface area contributed by atoms with Crippen molar-refractivity contribution >= 4 is 11.9 Å². The summed E-state index contributed by atoms with van der Waals surface area (Å²) in [5.74, 6) is -0.00547. The lowest BCUT2D eigenvalue weighted by molar-refractivity contribution is -0.123. The van der Waals surface area contributed by atoms with E-state index in [9.17, 15) is 9.59 Å². The second kappa shape index (κ2) is 7.89. The Morgan fingerprint density at radius 2 is 1.82 bits per heavy atom. The van der Waals surface area contributed by atoms with Gasteiger partial charge >= 0.3 is 6.03 Å². The molecule has 100 valence electrons. The molecule has 0 rings (SSSR count). The maximum Gasteiger partial charge on any atom is 0.312 e. The number of rotatable bonds is 7. The van der Waals surface area contributed by atoms with E-state index in [1.807, 2.05) is 20.8 Å². The van der Waals surface area contributed by atoms with Gasteiger partial charge in [0.15, 0.2) is 0 Å². The zero-order valence-electron chi connectivity index (χ0n) is 10.8. The quantitative estimate of drug-likeness (QED) is 0.470. The van der Waals surface area contributed by atoms with Gasteiger partial charge in [-0.2, -0.15) is 0 Å². The Morgan fingerprint density at radius 1 is 1.24 bits per heavy atom. The van der Waals surface area contributed by atoms with E-state index in [0.717, 1.165) is 12.8 Å². The van der Waals surface area contributed by atoms with Crippen LogP contribution < -0.4 is 22.1 Å². The molecule has 0 aliphatic rings. The standard InChI is InChI=1S/C11H24N4O2/c1-7(2)9(12)10(16)15-8(3)5-4-6-14-11(13)17/h7-9H,4-6,12H2,1-3H3,(H,15,16)(H3,13,14,17)/t8-,9-/m0/s1. The molecule has 0 heterocycles. The molecule has 6 N–H and O–H groups in total. The van der Waals surface area contributed by atoms with E-state index >= 15 is 0 Å². The first-order chi connectivity index (χ1) is 7.84. The number of amides is 3. The van der Waals surface area contributed by atoms with E-state index in [4.69, 9.17) is 11.5 Å². The number of hydrogen-bond donors (Lipinski definition) is 4. The number of primary amides is 1. The van der Waals surface area contributed by atoms with E-state index in [1.54, 1.807) is 0 Å². The number of nitrogens with one attached hydrogen (secondary N) is 2. The van der Waals surface area contributed by atoms with Gasteiger partial charge in [-0.05, 0) is 25.7 Å². The van der Waals surface area contributed by atoms with Crippen LogP contribution in [0.2, 0.25) is 0 Å². The average molecular weight is 244 g/mol. The smallest absolute Gasteiger partial charge is 0.312 e. The third-order valence-electron chi connectivity index (χ3n) is 2.52. The Kier molecular flexibility index (Phi) is 7.29. The van der Waals surface area contributed by atoms with Crippen molar-refractivity contribution in [2.75, 3.05) is 6.54 Å². The monoisotopic (exact) mass is 244 g/mol. The van der Waals surface area contributed by atoms with Crippen molar-refractivity contribution in [2.45, 2.75) is 45.7 Å². The predicted molar refractivity (Wildman–Crippen MR) is 67.2 cm³/mol. The van der Waals surface area contributed by atoms with Crippen molar-refractivity contribution in [3.05, 3.63) is 0 Å². The summed E-state index contributed by atoms with van der Waals surface area (Å²) in [5.41, 5.74) is 10.6. The van der Waals surface area contributed by atoms with Gasteiger partial charge in [0, 0.05) is 12.6 Å². The lowest BCUT2D eigenvalue weighted by atomic mass is 10.0. The van der Waals surface area contributed by atoms with E-state index in [2.05, 4.69) is 10.6 Å². The number of nitrogens with two attached hydrogens (primary N) is 2. The summed E-state index contributed by atoms with van der Waals surface area (Å²) < 4.78 is 0. The highest BCUT2D eigenvalue weighted by Gasteiger charge is 2.18. The Labute approximate surface area is 102 Å².